The molecule has 55 heavy (non-hydrogen) atoms. The third-order valence-corrected chi connectivity index (χ3v) is 13.3. The molecule has 2 aromatic heterocycles. The van der Waals surface area contributed by atoms with Gasteiger partial charge in [0.05, 0.1) is 20.8 Å². The molecule has 1 nitrogen and oxygen atoms in total. The lowest BCUT2D eigenvalue weighted by Gasteiger charge is -2.27. The first-order chi connectivity index (χ1) is 27.3. The second kappa shape index (κ2) is 13.1. The van der Waals surface area contributed by atoms with Crippen LogP contribution in [0.2, 0.25) is 0 Å². The van der Waals surface area contributed by atoms with Gasteiger partial charge >= 0.3 is 0 Å². The minimum Gasteiger partial charge on any atom is -0.308 e. The number of benzene rings is 9. The van der Waals surface area contributed by atoms with Gasteiger partial charge in [0.1, 0.15) is 0 Å². The second-order valence-electron chi connectivity index (χ2n) is 14.1. The Balaban J connectivity index is 1.07. The quantitative estimate of drug-likeness (QED) is 0.164. The van der Waals surface area contributed by atoms with Crippen LogP contribution in [0.15, 0.2) is 200 Å². The van der Waals surface area contributed by atoms with Crippen molar-refractivity contribution in [1.82, 2.24) is 0 Å². The number of anilines is 3. The average molecular weight is 736 g/mol. The zero-order valence-electron chi connectivity index (χ0n) is 29.8. The fourth-order valence-corrected chi connectivity index (χ4v) is 10.6. The molecule has 0 aliphatic carbocycles. The van der Waals surface area contributed by atoms with Gasteiger partial charge in [0.15, 0.2) is 0 Å². The number of fused-ring (bicyclic) bond motifs is 7. The van der Waals surface area contributed by atoms with Crippen LogP contribution in [0.25, 0.3) is 84.5 Å². The van der Waals surface area contributed by atoms with Gasteiger partial charge in [0, 0.05) is 36.6 Å². The molecule has 0 saturated carbocycles. The van der Waals surface area contributed by atoms with E-state index < -0.39 is 0 Å². The van der Waals surface area contributed by atoms with Gasteiger partial charge in [-0.1, -0.05) is 158 Å². The molecule has 0 fully saturated rings. The minimum absolute atomic E-state index is 1.13. The van der Waals surface area contributed by atoms with E-state index >= 15 is 0 Å². The molecule has 9 aromatic carbocycles. The maximum absolute atomic E-state index is 2.50. The highest BCUT2D eigenvalue weighted by Gasteiger charge is 2.23. The van der Waals surface area contributed by atoms with E-state index in [1.807, 2.05) is 22.7 Å². The van der Waals surface area contributed by atoms with E-state index in [0.717, 1.165) is 5.69 Å². The summed E-state index contributed by atoms with van der Waals surface area (Å²) in [6.07, 6.45) is 0. The van der Waals surface area contributed by atoms with Gasteiger partial charge in [-0.3, -0.25) is 0 Å². The monoisotopic (exact) mass is 735 g/mol. The standard InChI is InChI=1S/C52H33NS2/c1-2-12-38(13-3-1)42-31-32-47(52-50(42)45-16-7-9-20-49(45)55-52)53(46-18-10-17-44-43-15-6-8-19-48(43)54-51(44)46)41-29-27-36(28-30-41)35-21-23-37(24-22-35)40-26-25-34-11-4-5-14-39(34)33-40/h1-33H. The zero-order valence-corrected chi connectivity index (χ0v) is 31.4. The van der Waals surface area contributed by atoms with Crippen molar-refractivity contribution >= 4 is 90.9 Å². The molecule has 0 aliphatic rings. The van der Waals surface area contributed by atoms with Crippen LogP contribution in [-0.2, 0) is 0 Å². The summed E-state index contributed by atoms with van der Waals surface area (Å²) < 4.78 is 5.18. The van der Waals surface area contributed by atoms with E-state index in [2.05, 4.69) is 205 Å². The maximum atomic E-state index is 2.50. The summed E-state index contributed by atoms with van der Waals surface area (Å²) in [6.45, 7) is 0. The smallest absolute Gasteiger partial charge is 0.0641 e. The average Bonchev–Trinajstić information content (AvgIpc) is 3.84. The van der Waals surface area contributed by atoms with Crippen molar-refractivity contribution in [3.8, 4) is 33.4 Å². The highest BCUT2D eigenvalue weighted by molar-refractivity contribution is 7.27. The molecule has 2 heterocycles. The summed E-state index contributed by atoms with van der Waals surface area (Å²) in [5.74, 6) is 0. The van der Waals surface area contributed by atoms with Crippen LogP contribution >= 0.6 is 22.7 Å². The number of hydrogen-bond acceptors (Lipinski definition) is 3. The van der Waals surface area contributed by atoms with Gasteiger partial charge in [0.2, 0.25) is 0 Å². The van der Waals surface area contributed by atoms with Crippen molar-refractivity contribution in [2.45, 2.75) is 0 Å². The molecule has 0 aliphatic heterocycles. The van der Waals surface area contributed by atoms with Crippen molar-refractivity contribution in [3.05, 3.63) is 200 Å². The van der Waals surface area contributed by atoms with E-state index in [4.69, 9.17) is 0 Å². The third-order valence-electron chi connectivity index (χ3n) is 10.9. The predicted octanol–water partition coefficient (Wildman–Crippen LogP) is 16.0. The Bertz CT molecular complexity index is 3190. The molecule has 0 spiro atoms. The topological polar surface area (TPSA) is 3.24 Å². The van der Waals surface area contributed by atoms with Gasteiger partial charge in [-0.25, -0.2) is 0 Å². The summed E-state index contributed by atoms with van der Waals surface area (Å²) in [5, 5.41) is 7.73. The molecule has 0 saturated heterocycles. The Kier molecular flexibility index (Phi) is 7.61. The maximum Gasteiger partial charge on any atom is 0.0641 e. The van der Waals surface area contributed by atoms with E-state index in [1.54, 1.807) is 0 Å². The van der Waals surface area contributed by atoms with Crippen molar-refractivity contribution in [1.29, 1.82) is 0 Å². The summed E-state index contributed by atoms with van der Waals surface area (Å²) in [7, 11) is 0. The molecule has 11 aromatic rings. The normalized spacial score (nSPS) is 11.6. The number of hydrogen-bond donors (Lipinski definition) is 0. The Morgan fingerprint density at radius 3 is 1.67 bits per heavy atom. The van der Waals surface area contributed by atoms with Gasteiger partial charge in [-0.05, 0) is 86.6 Å². The van der Waals surface area contributed by atoms with Crippen LogP contribution < -0.4 is 4.90 Å². The van der Waals surface area contributed by atoms with Crippen LogP contribution in [0.5, 0.6) is 0 Å². The number of rotatable bonds is 6. The van der Waals surface area contributed by atoms with E-state index in [0.29, 0.717) is 0 Å². The predicted molar refractivity (Wildman–Crippen MR) is 241 cm³/mol. The molecule has 0 bridgehead atoms. The van der Waals surface area contributed by atoms with Crippen molar-refractivity contribution in [2.24, 2.45) is 0 Å². The molecule has 0 N–H and O–H groups in total. The van der Waals surface area contributed by atoms with Crippen molar-refractivity contribution in [3.63, 3.8) is 0 Å². The first kappa shape index (κ1) is 32.0. The fraction of sp³-hybridized carbons (Fsp3) is 0. The van der Waals surface area contributed by atoms with E-state index in [1.165, 1.54) is 95.9 Å². The minimum atomic E-state index is 1.13. The first-order valence-corrected chi connectivity index (χ1v) is 20.3. The summed E-state index contributed by atoms with van der Waals surface area (Å²) in [6, 6.07) is 73.3. The molecular formula is C52H33NS2. The van der Waals surface area contributed by atoms with E-state index in [-0.39, 0.29) is 0 Å². The van der Waals surface area contributed by atoms with Crippen LogP contribution in [0.3, 0.4) is 0 Å². The summed E-state index contributed by atoms with van der Waals surface area (Å²) >= 11 is 3.76. The lowest BCUT2D eigenvalue weighted by atomic mass is 9.97. The summed E-state index contributed by atoms with van der Waals surface area (Å²) in [4.78, 5) is 2.50. The highest BCUT2D eigenvalue weighted by Crippen LogP contribution is 2.51. The number of nitrogens with zero attached hydrogens (tertiary/aromatic N) is 1. The molecule has 11 rings (SSSR count). The first-order valence-electron chi connectivity index (χ1n) is 18.7. The van der Waals surface area contributed by atoms with Crippen molar-refractivity contribution in [2.75, 3.05) is 4.90 Å². The molecule has 0 amide bonds. The Morgan fingerprint density at radius 2 is 0.891 bits per heavy atom. The number of thiophene rings is 2. The second-order valence-corrected chi connectivity index (χ2v) is 16.2. The summed E-state index contributed by atoms with van der Waals surface area (Å²) in [5.41, 5.74) is 10.9. The Morgan fingerprint density at radius 1 is 0.327 bits per heavy atom. The van der Waals surface area contributed by atoms with Gasteiger partial charge in [-0.2, -0.15) is 0 Å². The largest absolute Gasteiger partial charge is 0.308 e. The van der Waals surface area contributed by atoms with Gasteiger partial charge < -0.3 is 4.90 Å². The van der Waals surface area contributed by atoms with Gasteiger partial charge in [-0.15, -0.1) is 22.7 Å². The van der Waals surface area contributed by atoms with E-state index in [9.17, 15) is 0 Å². The van der Waals surface area contributed by atoms with Crippen LogP contribution in [0, 0.1) is 0 Å². The lowest BCUT2D eigenvalue weighted by Crippen LogP contribution is -2.10. The zero-order chi connectivity index (χ0) is 36.3. The molecule has 0 atom stereocenters. The molecule has 0 unspecified atom stereocenters. The fourth-order valence-electron chi connectivity index (χ4n) is 8.19. The lowest BCUT2D eigenvalue weighted by molar-refractivity contribution is 1.32. The molecule has 0 radical (unpaired) electrons. The van der Waals surface area contributed by atoms with Crippen molar-refractivity contribution < 1.29 is 0 Å². The Hall–Kier alpha value is -6.52. The molecule has 258 valence electrons. The van der Waals surface area contributed by atoms with Crippen LogP contribution in [0.4, 0.5) is 17.1 Å². The SMILES string of the molecule is c1ccc(-c2ccc(N(c3ccc(-c4ccc(-c5ccc6ccccc6c5)cc4)cc3)c3cccc4c3sc3ccccc34)c3sc4ccccc4c23)cc1. The molecule has 3 heteroatoms. The Labute approximate surface area is 327 Å². The highest BCUT2D eigenvalue weighted by atomic mass is 32.1. The van der Waals surface area contributed by atoms with Gasteiger partial charge in [0.25, 0.3) is 0 Å². The van der Waals surface area contributed by atoms with Crippen LogP contribution in [-0.4, -0.2) is 0 Å². The third kappa shape index (κ3) is 5.43. The molecular weight excluding hydrogens is 703 g/mol. The van der Waals surface area contributed by atoms with Crippen LogP contribution in [0.1, 0.15) is 0 Å².